The molecule has 0 radical (unpaired) electrons. The molecule has 3 N–H and O–H groups in total. The smallest absolute Gasteiger partial charge is 0.313 e. The highest BCUT2D eigenvalue weighted by Gasteiger charge is 2.15. The number of aliphatic hydroxyl groups excluding tert-OH is 1. The molecule has 0 aromatic heterocycles. The van der Waals surface area contributed by atoms with Crippen LogP contribution in [0.15, 0.2) is 12.1 Å². The van der Waals surface area contributed by atoms with E-state index in [1.807, 2.05) is 32.9 Å². The Labute approximate surface area is 106 Å². The van der Waals surface area contributed by atoms with Crippen molar-refractivity contribution in [2.45, 2.75) is 20.8 Å². The van der Waals surface area contributed by atoms with E-state index < -0.39 is 11.8 Å². The molecule has 0 saturated heterocycles. The Balaban J connectivity index is 2.79. The van der Waals surface area contributed by atoms with E-state index >= 15 is 0 Å². The molecule has 1 aromatic rings. The zero-order chi connectivity index (χ0) is 13.7. The predicted molar refractivity (Wildman–Crippen MR) is 69.4 cm³/mol. The van der Waals surface area contributed by atoms with E-state index in [2.05, 4.69) is 10.6 Å². The second kappa shape index (κ2) is 6.16. The number of anilines is 1. The minimum atomic E-state index is -0.747. The molecule has 0 aliphatic rings. The normalized spacial score (nSPS) is 10.0. The molecule has 0 bridgehead atoms. The number of benzene rings is 1. The maximum absolute atomic E-state index is 11.6. The van der Waals surface area contributed by atoms with Crippen LogP contribution in [0.2, 0.25) is 0 Å². The minimum absolute atomic E-state index is 0.0676. The second-order valence-electron chi connectivity index (χ2n) is 4.21. The van der Waals surface area contributed by atoms with Crippen molar-refractivity contribution in [3.05, 3.63) is 28.8 Å². The van der Waals surface area contributed by atoms with Crippen LogP contribution >= 0.6 is 0 Å². The van der Waals surface area contributed by atoms with Crippen molar-refractivity contribution < 1.29 is 14.7 Å². The van der Waals surface area contributed by atoms with Crippen molar-refractivity contribution in [1.29, 1.82) is 0 Å². The lowest BCUT2D eigenvalue weighted by atomic mass is 10.1. The Morgan fingerprint density at radius 1 is 1.11 bits per heavy atom. The number of aryl methyl sites for hydroxylation is 3. The largest absolute Gasteiger partial charge is 0.395 e. The highest BCUT2D eigenvalue weighted by atomic mass is 16.3. The van der Waals surface area contributed by atoms with Crippen molar-refractivity contribution in [3.8, 4) is 0 Å². The first kappa shape index (κ1) is 14.2. The fourth-order valence-corrected chi connectivity index (χ4v) is 1.80. The molecular formula is C13H18N2O3. The highest BCUT2D eigenvalue weighted by Crippen LogP contribution is 2.21. The molecule has 1 aromatic carbocycles. The zero-order valence-corrected chi connectivity index (χ0v) is 10.8. The number of carbonyl (C=O) groups excluding carboxylic acids is 2. The monoisotopic (exact) mass is 250 g/mol. The Hall–Kier alpha value is -1.88. The van der Waals surface area contributed by atoms with Crippen molar-refractivity contribution >= 4 is 17.5 Å². The predicted octanol–water partition coefficient (Wildman–Crippen LogP) is 0.659. The van der Waals surface area contributed by atoms with E-state index in [1.54, 1.807) is 0 Å². The molecule has 0 heterocycles. The van der Waals surface area contributed by atoms with Gasteiger partial charge < -0.3 is 15.7 Å². The minimum Gasteiger partial charge on any atom is -0.395 e. The summed E-state index contributed by atoms with van der Waals surface area (Å²) in [5, 5.41) is 13.4. The first-order valence-corrected chi connectivity index (χ1v) is 5.73. The topological polar surface area (TPSA) is 78.4 Å². The van der Waals surface area contributed by atoms with Crippen LogP contribution in [-0.4, -0.2) is 30.1 Å². The van der Waals surface area contributed by atoms with Crippen LogP contribution in [0.25, 0.3) is 0 Å². The van der Waals surface area contributed by atoms with Gasteiger partial charge in [-0.25, -0.2) is 0 Å². The molecular weight excluding hydrogens is 232 g/mol. The van der Waals surface area contributed by atoms with E-state index in [4.69, 9.17) is 5.11 Å². The van der Waals surface area contributed by atoms with Gasteiger partial charge in [-0.1, -0.05) is 17.7 Å². The number of carbonyl (C=O) groups is 2. The van der Waals surface area contributed by atoms with E-state index in [0.29, 0.717) is 5.69 Å². The number of hydrogen-bond acceptors (Lipinski definition) is 3. The standard InChI is InChI=1S/C13H18N2O3/c1-8-6-9(2)11(10(3)7-8)15-13(18)12(17)14-4-5-16/h6-7,16H,4-5H2,1-3H3,(H,14,17)(H,15,18). The van der Waals surface area contributed by atoms with Crippen molar-refractivity contribution in [1.82, 2.24) is 5.32 Å². The van der Waals surface area contributed by atoms with E-state index in [-0.39, 0.29) is 13.2 Å². The summed E-state index contributed by atoms with van der Waals surface area (Å²) >= 11 is 0. The van der Waals surface area contributed by atoms with Gasteiger partial charge in [0, 0.05) is 12.2 Å². The van der Waals surface area contributed by atoms with Crippen LogP contribution in [0, 0.1) is 20.8 Å². The van der Waals surface area contributed by atoms with Gasteiger partial charge in [-0.2, -0.15) is 0 Å². The fraction of sp³-hybridized carbons (Fsp3) is 0.385. The van der Waals surface area contributed by atoms with Crippen molar-refractivity contribution in [2.75, 3.05) is 18.5 Å². The van der Waals surface area contributed by atoms with Crippen LogP contribution in [0.1, 0.15) is 16.7 Å². The number of aliphatic hydroxyl groups is 1. The SMILES string of the molecule is Cc1cc(C)c(NC(=O)C(=O)NCCO)c(C)c1. The van der Waals surface area contributed by atoms with Crippen LogP contribution in [-0.2, 0) is 9.59 Å². The fourth-order valence-electron chi connectivity index (χ4n) is 1.80. The van der Waals surface area contributed by atoms with E-state index in [0.717, 1.165) is 16.7 Å². The lowest BCUT2D eigenvalue weighted by molar-refractivity contribution is -0.136. The zero-order valence-electron chi connectivity index (χ0n) is 10.8. The van der Waals surface area contributed by atoms with Gasteiger partial charge in [-0.3, -0.25) is 9.59 Å². The number of rotatable bonds is 3. The molecule has 0 fully saturated rings. The molecule has 2 amide bonds. The van der Waals surface area contributed by atoms with E-state index in [9.17, 15) is 9.59 Å². The molecule has 0 saturated carbocycles. The number of amides is 2. The van der Waals surface area contributed by atoms with Crippen LogP contribution < -0.4 is 10.6 Å². The molecule has 0 atom stereocenters. The average Bonchev–Trinajstić information content (AvgIpc) is 2.30. The third kappa shape index (κ3) is 3.56. The molecule has 5 nitrogen and oxygen atoms in total. The highest BCUT2D eigenvalue weighted by molar-refractivity contribution is 6.39. The molecule has 18 heavy (non-hydrogen) atoms. The summed E-state index contributed by atoms with van der Waals surface area (Å²) in [5.74, 6) is -1.47. The Morgan fingerprint density at radius 2 is 1.67 bits per heavy atom. The second-order valence-corrected chi connectivity index (χ2v) is 4.21. The summed E-state index contributed by atoms with van der Waals surface area (Å²) < 4.78 is 0. The summed E-state index contributed by atoms with van der Waals surface area (Å²) in [5.41, 5.74) is 3.59. The third-order valence-electron chi connectivity index (χ3n) is 2.52. The van der Waals surface area contributed by atoms with Crippen LogP contribution in [0.5, 0.6) is 0 Å². The van der Waals surface area contributed by atoms with Crippen LogP contribution in [0.3, 0.4) is 0 Å². The molecule has 0 aliphatic heterocycles. The molecule has 5 heteroatoms. The first-order chi connectivity index (χ1) is 8.45. The van der Waals surface area contributed by atoms with Gasteiger partial charge in [0.25, 0.3) is 0 Å². The Bertz CT molecular complexity index is 446. The summed E-state index contributed by atoms with van der Waals surface area (Å²) in [6.45, 7) is 5.60. The first-order valence-electron chi connectivity index (χ1n) is 5.73. The van der Waals surface area contributed by atoms with Gasteiger partial charge in [0.05, 0.1) is 6.61 Å². The number of hydrogen-bond donors (Lipinski definition) is 3. The summed E-state index contributed by atoms with van der Waals surface area (Å²) in [7, 11) is 0. The average molecular weight is 250 g/mol. The maximum Gasteiger partial charge on any atom is 0.313 e. The van der Waals surface area contributed by atoms with Crippen LogP contribution in [0.4, 0.5) is 5.69 Å². The van der Waals surface area contributed by atoms with Gasteiger partial charge >= 0.3 is 11.8 Å². The quantitative estimate of drug-likeness (QED) is 0.689. The summed E-state index contributed by atoms with van der Waals surface area (Å²) in [4.78, 5) is 23.0. The van der Waals surface area contributed by atoms with Gasteiger partial charge in [-0.15, -0.1) is 0 Å². The summed E-state index contributed by atoms with van der Waals surface area (Å²) in [6.07, 6.45) is 0. The maximum atomic E-state index is 11.6. The van der Waals surface area contributed by atoms with Crippen molar-refractivity contribution in [2.24, 2.45) is 0 Å². The Morgan fingerprint density at radius 3 is 2.17 bits per heavy atom. The van der Waals surface area contributed by atoms with Gasteiger partial charge in [-0.05, 0) is 31.9 Å². The third-order valence-corrected chi connectivity index (χ3v) is 2.52. The molecule has 0 aliphatic carbocycles. The van der Waals surface area contributed by atoms with Gasteiger partial charge in [0.15, 0.2) is 0 Å². The Kier molecular flexibility index (Phi) is 4.85. The molecule has 98 valence electrons. The molecule has 0 unspecified atom stereocenters. The van der Waals surface area contributed by atoms with Gasteiger partial charge in [0.1, 0.15) is 0 Å². The lowest BCUT2D eigenvalue weighted by Gasteiger charge is -2.12. The lowest BCUT2D eigenvalue weighted by Crippen LogP contribution is -2.37. The molecule has 0 spiro atoms. The molecule has 1 rings (SSSR count). The number of nitrogens with one attached hydrogen (secondary N) is 2. The van der Waals surface area contributed by atoms with Crippen molar-refractivity contribution in [3.63, 3.8) is 0 Å². The summed E-state index contributed by atoms with van der Waals surface area (Å²) in [6, 6.07) is 3.88. The van der Waals surface area contributed by atoms with Gasteiger partial charge in [0.2, 0.25) is 0 Å². The van der Waals surface area contributed by atoms with E-state index in [1.165, 1.54) is 0 Å².